The van der Waals surface area contributed by atoms with E-state index in [2.05, 4.69) is 24.3 Å². The molecule has 2 fully saturated rings. The minimum Gasteiger partial charge on any atom is -0.350 e. The van der Waals surface area contributed by atoms with E-state index in [-0.39, 0.29) is 23.7 Å². The highest BCUT2D eigenvalue weighted by molar-refractivity contribution is 6.52. The van der Waals surface area contributed by atoms with Gasteiger partial charge in [0, 0.05) is 26.1 Å². The lowest BCUT2D eigenvalue weighted by molar-refractivity contribution is -0.221. The zero-order valence-electron chi connectivity index (χ0n) is 13.2. The Hall–Kier alpha value is 0.0400. The molecule has 4 aliphatic carbocycles. The van der Waals surface area contributed by atoms with Crippen LogP contribution in [0.3, 0.4) is 0 Å². The fourth-order valence-electron chi connectivity index (χ4n) is 6.23. The summed E-state index contributed by atoms with van der Waals surface area (Å²) in [6.07, 6.45) is 1.02. The molecule has 0 N–H and O–H groups in total. The van der Waals surface area contributed by atoms with Crippen molar-refractivity contribution >= 4 is 46.4 Å². The van der Waals surface area contributed by atoms with Crippen LogP contribution >= 0.6 is 46.4 Å². The predicted octanol–water partition coefficient (Wildman–Crippen LogP) is 5.16. The number of rotatable bonds is 2. The van der Waals surface area contributed by atoms with E-state index in [1.165, 1.54) is 11.1 Å². The number of hydrogen-bond acceptors (Lipinski definition) is 2. The van der Waals surface area contributed by atoms with Crippen LogP contribution in [0.2, 0.25) is 0 Å². The molecule has 2 nitrogen and oxygen atoms in total. The first-order chi connectivity index (χ1) is 11.4. The minimum atomic E-state index is -1.27. The van der Waals surface area contributed by atoms with Crippen molar-refractivity contribution in [1.29, 1.82) is 0 Å². The molecule has 0 amide bonds. The van der Waals surface area contributed by atoms with Gasteiger partial charge < -0.3 is 9.47 Å². The van der Waals surface area contributed by atoms with Crippen molar-refractivity contribution in [1.82, 2.24) is 0 Å². The average Bonchev–Trinajstić information content (AvgIpc) is 3.24. The van der Waals surface area contributed by atoms with E-state index in [0.717, 1.165) is 6.42 Å². The van der Waals surface area contributed by atoms with Crippen molar-refractivity contribution in [3.8, 4) is 0 Å². The summed E-state index contributed by atoms with van der Waals surface area (Å²) in [5, 5.41) is 0.742. The average molecular weight is 406 g/mol. The monoisotopic (exact) mass is 404 g/mol. The quantitative estimate of drug-likeness (QED) is 0.384. The SMILES string of the molecule is COC1(OC)[C@@]2(Cl)C(Cl)=C(Cl)[C@@]1(Cl)[C@H]1[C@@H]2[C@@H]2C[C@@H]1c1ccccc12. The second-order valence-electron chi connectivity index (χ2n) is 7.21. The van der Waals surface area contributed by atoms with E-state index < -0.39 is 15.5 Å². The van der Waals surface area contributed by atoms with Crippen LogP contribution in [0, 0.1) is 11.8 Å². The number of fused-ring (bicyclic) bond motifs is 12. The fourth-order valence-corrected chi connectivity index (χ4v) is 8.54. The molecule has 4 bridgehead atoms. The summed E-state index contributed by atoms with van der Waals surface area (Å²) in [5.41, 5.74) is 2.69. The number of alkyl halides is 2. The largest absolute Gasteiger partial charge is 0.350 e. The van der Waals surface area contributed by atoms with Gasteiger partial charge in [-0.15, -0.1) is 23.2 Å². The van der Waals surface area contributed by atoms with Gasteiger partial charge >= 0.3 is 0 Å². The van der Waals surface area contributed by atoms with Crippen LogP contribution in [0.4, 0.5) is 0 Å². The van der Waals surface area contributed by atoms with E-state index in [9.17, 15) is 0 Å². The molecule has 5 rings (SSSR count). The molecule has 6 heteroatoms. The van der Waals surface area contributed by atoms with Gasteiger partial charge in [-0.05, 0) is 29.4 Å². The molecule has 0 heterocycles. The van der Waals surface area contributed by atoms with Crippen molar-refractivity contribution in [2.75, 3.05) is 14.2 Å². The van der Waals surface area contributed by atoms with E-state index in [1.54, 1.807) is 14.2 Å². The van der Waals surface area contributed by atoms with E-state index in [0.29, 0.717) is 10.1 Å². The van der Waals surface area contributed by atoms with E-state index in [1.807, 2.05) is 0 Å². The second-order valence-corrected chi connectivity index (χ2v) is 9.15. The Labute approximate surface area is 161 Å². The van der Waals surface area contributed by atoms with Crippen LogP contribution in [0.5, 0.6) is 0 Å². The van der Waals surface area contributed by atoms with Gasteiger partial charge in [-0.25, -0.2) is 0 Å². The third-order valence-corrected chi connectivity index (χ3v) is 9.48. The molecule has 1 aromatic carbocycles. The van der Waals surface area contributed by atoms with Crippen LogP contribution in [0.25, 0.3) is 0 Å². The Balaban J connectivity index is 1.81. The maximum Gasteiger partial charge on any atom is 0.217 e. The first kappa shape index (κ1) is 16.2. The Morgan fingerprint density at radius 1 is 0.875 bits per heavy atom. The lowest BCUT2D eigenvalue weighted by Crippen LogP contribution is -2.58. The van der Waals surface area contributed by atoms with E-state index >= 15 is 0 Å². The molecule has 2 saturated carbocycles. The molecule has 6 atom stereocenters. The van der Waals surface area contributed by atoms with Gasteiger partial charge in [0.1, 0.15) is 9.75 Å². The summed E-state index contributed by atoms with van der Waals surface area (Å²) in [5.74, 6) is -0.626. The minimum absolute atomic E-state index is 0.0338. The number of halogens is 4. The molecule has 1 aromatic rings. The predicted molar refractivity (Wildman–Crippen MR) is 96.2 cm³/mol. The summed E-state index contributed by atoms with van der Waals surface area (Å²) in [4.78, 5) is -2.15. The van der Waals surface area contributed by atoms with Crippen molar-refractivity contribution in [2.24, 2.45) is 11.8 Å². The number of hydrogen-bond donors (Lipinski definition) is 0. The first-order valence-corrected chi connectivity index (χ1v) is 9.54. The first-order valence-electron chi connectivity index (χ1n) is 8.03. The van der Waals surface area contributed by atoms with Gasteiger partial charge in [0.2, 0.25) is 5.79 Å². The maximum absolute atomic E-state index is 7.21. The Morgan fingerprint density at radius 2 is 1.29 bits per heavy atom. The summed E-state index contributed by atoms with van der Waals surface area (Å²) in [6, 6.07) is 8.51. The summed E-state index contributed by atoms with van der Waals surface area (Å²) in [7, 11) is 3.13. The topological polar surface area (TPSA) is 18.5 Å². The molecular weight excluding hydrogens is 390 g/mol. The Morgan fingerprint density at radius 3 is 1.67 bits per heavy atom. The van der Waals surface area contributed by atoms with Crippen LogP contribution in [0.1, 0.15) is 29.4 Å². The third kappa shape index (κ3) is 1.29. The molecule has 0 radical (unpaired) electrons. The van der Waals surface area contributed by atoms with Gasteiger partial charge in [-0.2, -0.15) is 0 Å². The van der Waals surface area contributed by atoms with E-state index in [4.69, 9.17) is 55.9 Å². The van der Waals surface area contributed by atoms with Crippen LogP contribution < -0.4 is 0 Å². The van der Waals surface area contributed by atoms with Crippen molar-refractivity contribution in [3.63, 3.8) is 0 Å². The highest BCUT2D eigenvalue weighted by atomic mass is 35.5. The number of ether oxygens (including phenoxy) is 2. The third-order valence-electron chi connectivity index (χ3n) is 6.84. The van der Waals surface area contributed by atoms with Crippen LogP contribution in [0.15, 0.2) is 34.3 Å². The summed E-state index contributed by atoms with van der Waals surface area (Å²) in [6.45, 7) is 0. The smallest absolute Gasteiger partial charge is 0.217 e. The van der Waals surface area contributed by atoms with Crippen molar-refractivity contribution in [2.45, 2.75) is 33.8 Å². The Bertz CT molecular complexity index is 730. The maximum atomic E-state index is 7.21. The number of methoxy groups -OCH3 is 2. The molecular formula is C18H16Cl4O2. The highest BCUT2D eigenvalue weighted by Crippen LogP contribution is 2.82. The molecule has 24 heavy (non-hydrogen) atoms. The standard InChI is InChI=1S/C18H16Cl4O2/c1-23-18(24-2)16(21)12-10-7-11(9-6-4-3-5-8(9)10)13(12)17(18,22)15(20)14(16)19/h3-6,10-13H,7H2,1-2H3/t10-,11-,12-,13+,16+,17+/m1/s1. The second kappa shape index (κ2) is 4.65. The molecule has 0 spiro atoms. The zero-order valence-corrected chi connectivity index (χ0v) is 16.2. The number of benzene rings is 1. The van der Waals surface area contributed by atoms with Gasteiger partial charge in [-0.3, -0.25) is 0 Å². The Kier molecular flexibility index (Phi) is 3.15. The van der Waals surface area contributed by atoms with Gasteiger partial charge in [-0.1, -0.05) is 47.5 Å². The molecule has 128 valence electrons. The lowest BCUT2D eigenvalue weighted by atomic mass is 9.70. The molecule has 4 aliphatic rings. The highest BCUT2D eigenvalue weighted by Gasteiger charge is 2.88. The molecule has 0 saturated heterocycles. The van der Waals surface area contributed by atoms with Crippen molar-refractivity contribution in [3.05, 3.63) is 45.5 Å². The fraction of sp³-hybridized carbons (Fsp3) is 0.556. The van der Waals surface area contributed by atoms with Gasteiger partial charge in [0.15, 0.2) is 0 Å². The van der Waals surface area contributed by atoms with Crippen LogP contribution in [-0.4, -0.2) is 29.8 Å². The zero-order chi connectivity index (χ0) is 17.1. The molecule has 0 aliphatic heterocycles. The lowest BCUT2D eigenvalue weighted by Gasteiger charge is -2.42. The molecule has 0 aromatic heterocycles. The normalized spacial score (nSPS) is 46.6. The summed E-state index contributed by atoms with van der Waals surface area (Å²) >= 11 is 27.7. The summed E-state index contributed by atoms with van der Waals surface area (Å²) < 4.78 is 11.7. The van der Waals surface area contributed by atoms with Gasteiger partial charge in [0.05, 0.1) is 10.1 Å². The van der Waals surface area contributed by atoms with Gasteiger partial charge in [0.25, 0.3) is 0 Å². The molecule has 0 unspecified atom stereocenters. The van der Waals surface area contributed by atoms with Crippen LogP contribution in [-0.2, 0) is 9.47 Å². The van der Waals surface area contributed by atoms with Crippen molar-refractivity contribution < 1.29 is 9.47 Å².